The molecule has 0 aliphatic carbocycles. The second-order valence-corrected chi connectivity index (χ2v) is 8.35. The Morgan fingerprint density at radius 2 is 1.07 bits per heavy atom. The van der Waals surface area contributed by atoms with Crippen molar-refractivity contribution in [1.29, 1.82) is 0 Å². The molecule has 2 rings (SSSR count). The van der Waals surface area contributed by atoms with Gasteiger partial charge in [0, 0.05) is 19.1 Å². The van der Waals surface area contributed by atoms with E-state index in [0.717, 1.165) is 12.5 Å². The first-order chi connectivity index (χ1) is 18.7. The van der Waals surface area contributed by atoms with Crippen molar-refractivity contribution in [3.63, 3.8) is 0 Å². The summed E-state index contributed by atoms with van der Waals surface area (Å²) in [5, 5.41) is 56.1. The lowest BCUT2D eigenvalue weighted by Gasteiger charge is -1.95. The zero-order chi connectivity index (χ0) is 32.8. The van der Waals surface area contributed by atoms with Crippen LogP contribution in [-0.2, 0) is 34.1 Å². The summed E-state index contributed by atoms with van der Waals surface area (Å²) >= 11 is 0. The maximum Gasteiger partial charge on any atom is 0.339 e. The van der Waals surface area contributed by atoms with Crippen molar-refractivity contribution < 1.29 is 77.5 Å². The summed E-state index contributed by atoms with van der Waals surface area (Å²) in [6, 6.07) is 11.8. The van der Waals surface area contributed by atoms with Gasteiger partial charge in [-0.25, -0.2) is 14.4 Å². The van der Waals surface area contributed by atoms with Crippen LogP contribution >= 0.6 is 12.4 Å². The molecule has 0 heterocycles. The third kappa shape index (κ3) is 31.2. The maximum absolute atomic E-state index is 10.5. The fourth-order valence-corrected chi connectivity index (χ4v) is 2.20. The molecule has 0 amide bonds. The first-order valence-corrected chi connectivity index (χ1v) is 12.0. The van der Waals surface area contributed by atoms with Crippen LogP contribution in [0.5, 0.6) is 5.75 Å². The Morgan fingerprint density at radius 3 is 1.31 bits per heavy atom. The number of aromatic carboxylic acids is 1. The van der Waals surface area contributed by atoms with Gasteiger partial charge < -0.3 is 35.7 Å². The Labute approximate surface area is 245 Å². The van der Waals surface area contributed by atoms with Crippen LogP contribution in [0.3, 0.4) is 0 Å². The van der Waals surface area contributed by atoms with Crippen LogP contribution in [0.4, 0.5) is 0 Å². The van der Waals surface area contributed by atoms with Gasteiger partial charge in [-0.1, -0.05) is 29.8 Å². The van der Waals surface area contributed by atoms with Gasteiger partial charge in [-0.2, -0.15) is 8.42 Å². The molecular weight excluding hydrogens is 612 g/mol. The van der Waals surface area contributed by atoms with Crippen molar-refractivity contribution in [3.05, 3.63) is 71.8 Å². The summed E-state index contributed by atoms with van der Waals surface area (Å²) in [6.07, 6.45) is 0.523. The summed E-state index contributed by atoms with van der Waals surface area (Å²) in [7, 11) is -4.02. The molecule has 0 spiro atoms. The second-order valence-electron chi connectivity index (χ2n) is 6.93. The van der Waals surface area contributed by atoms with E-state index in [9.17, 15) is 32.4 Å². The van der Waals surface area contributed by atoms with Crippen LogP contribution < -0.4 is 0 Å². The van der Waals surface area contributed by atoms with Crippen molar-refractivity contribution in [2.45, 2.75) is 31.6 Å². The number of aliphatic carboxylic acids is 5. The molecule has 0 fully saturated rings. The molecule has 0 saturated carbocycles. The zero-order valence-electron chi connectivity index (χ0n) is 21.8. The first-order valence-electron chi connectivity index (χ1n) is 10.5. The Bertz CT molecular complexity index is 1270. The van der Waals surface area contributed by atoms with Gasteiger partial charge in [-0.15, -0.1) is 12.4 Å². The monoisotopic (exact) mass is 640 g/mol. The van der Waals surface area contributed by atoms with E-state index in [1.165, 1.54) is 24.3 Å². The number of carboxylic acid groups (broad SMARTS) is 6. The number of halogens is 1. The standard InChI is InChI=1S/C7H8O3S.C7H6O3.C4H6O4.C4H4O4.C2H4O2.ClH/c1-6-2-4-7(5-3-6)11(8,9)10;8-6-4-2-1-3-5(6)7(9)10;2*5-3(6)1-2-4(7)8;1-2(3)4;/h2-5H,1H3,(H,8,9,10);1-4,8H,(H,9,10);1-2H2,(H,5,6)(H,7,8);1-2H,(H,5,6)(H,7,8);1H3,(H,3,4);1H. The van der Waals surface area contributed by atoms with Crippen molar-refractivity contribution in [3.8, 4) is 5.75 Å². The molecule has 42 heavy (non-hydrogen) atoms. The average molecular weight is 641 g/mol. The minimum absolute atomic E-state index is 0. The molecule has 0 aromatic heterocycles. The van der Waals surface area contributed by atoms with Crippen LogP contribution in [0.2, 0.25) is 0 Å². The van der Waals surface area contributed by atoms with Gasteiger partial charge in [-0.3, -0.25) is 18.9 Å². The molecular formula is C24H29ClO16S. The van der Waals surface area contributed by atoms with Gasteiger partial charge >= 0.3 is 29.8 Å². The Balaban J connectivity index is -0.000000220. The molecule has 16 nitrogen and oxygen atoms in total. The normalized spacial score (nSPS) is 9.21. The summed E-state index contributed by atoms with van der Waals surface area (Å²) in [5.41, 5.74) is 0.889. The summed E-state index contributed by atoms with van der Waals surface area (Å²) in [4.78, 5) is 57.6. The van der Waals surface area contributed by atoms with Gasteiger partial charge in [0.05, 0.1) is 17.7 Å². The summed E-state index contributed by atoms with van der Waals surface area (Å²) in [6.45, 7) is 2.92. The zero-order valence-corrected chi connectivity index (χ0v) is 23.5. The Morgan fingerprint density at radius 1 is 0.714 bits per heavy atom. The first kappa shape index (κ1) is 44.0. The number of benzene rings is 2. The number of aromatic hydroxyl groups is 1. The molecule has 0 aliphatic heterocycles. The van der Waals surface area contributed by atoms with Crippen molar-refractivity contribution in [2.75, 3.05) is 0 Å². The molecule has 0 bridgehead atoms. The summed E-state index contributed by atoms with van der Waals surface area (Å²) in [5.74, 6) is -6.81. The highest BCUT2D eigenvalue weighted by Crippen LogP contribution is 2.14. The topological polar surface area (TPSA) is 298 Å². The second kappa shape index (κ2) is 23.9. The van der Waals surface area contributed by atoms with E-state index in [0.29, 0.717) is 12.2 Å². The fraction of sp³-hybridized carbons (Fsp3) is 0.167. The minimum atomic E-state index is -4.02. The number of hydrogen-bond donors (Lipinski definition) is 8. The van der Waals surface area contributed by atoms with E-state index < -0.39 is 45.9 Å². The lowest BCUT2D eigenvalue weighted by Crippen LogP contribution is -2.00. The lowest BCUT2D eigenvalue weighted by molar-refractivity contribution is -0.143. The highest BCUT2D eigenvalue weighted by atomic mass is 35.5. The number of aryl methyl sites for hydroxylation is 1. The molecule has 2 aromatic carbocycles. The van der Waals surface area contributed by atoms with E-state index in [4.69, 9.17) is 45.1 Å². The maximum atomic E-state index is 10.5. The van der Waals surface area contributed by atoms with Crippen LogP contribution in [0.15, 0.2) is 65.6 Å². The number of rotatable bonds is 7. The third-order valence-corrected chi connectivity index (χ3v) is 4.24. The van der Waals surface area contributed by atoms with Gasteiger partial charge in [0.25, 0.3) is 16.1 Å². The Kier molecular flexibility index (Phi) is 25.0. The summed E-state index contributed by atoms with van der Waals surface area (Å²) < 4.78 is 29.6. The SMILES string of the molecule is CC(=O)O.Cc1ccc(S(=O)(=O)O)cc1.Cl.O=C(O)C=CC(=O)O.O=C(O)CCC(=O)O.O=C(O)c1ccccc1O. The number of carbonyl (C=O) groups is 6. The number of para-hydroxylation sites is 1. The van der Waals surface area contributed by atoms with E-state index in [1.54, 1.807) is 24.3 Å². The number of carboxylic acids is 6. The molecule has 0 aliphatic rings. The lowest BCUT2D eigenvalue weighted by atomic mass is 10.2. The van der Waals surface area contributed by atoms with E-state index in [1.807, 2.05) is 6.92 Å². The van der Waals surface area contributed by atoms with Gasteiger partial charge in [0.2, 0.25) is 0 Å². The van der Waals surface area contributed by atoms with E-state index in [2.05, 4.69) is 0 Å². The number of phenols is 1. The molecule has 8 N–H and O–H groups in total. The third-order valence-electron chi connectivity index (χ3n) is 3.37. The molecule has 2 aromatic rings. The molecule has 0 radical (unpaired) electrons. The molecule has 18 heteroatoms. The van der Waals surface area contributed by atoms with Crippen LogP contribution in [0.25, 0.3) is 0 Å². The average Bonchev–Trinajstić information content (AvgIpc) is 2.82. The highest BCUT2D eigenvalue weighted by Gasteiger charge is 2.07. The van der Waals surface area contributed by atoms with Crippen LogP contribution in [0, 0.1) is 6.92 Å². The number of hydrogen-bond acceptors (Lipinski definition) is 9. The predicted octanol–water partition coefficient (Wildman–Crippen LogP) is 2.49. The quantitative estimate of drug-likeness (QED) is 0.159. The van der Waals surface area contributed by atoms with Crippen molar-refractivity contribution in [2.24, 2.45) is 0 Å². The van der Waals surface area contributed by atoms with E-state index in [-0.39, 0.29) is 41.5 Å². The van der Waals surface area contributed by atoms with Crippen LogP contribution in [-0.4, -0.2) is 84.5 Å². The predicted molar refractivity (Wildman–Crippen MR) is 146 cm³/mol. The minimum Gasteiger partial charge on any atom is -0.507 e. The molecule has 0 atom stereocenters. The largest absolute Gasteiger partial charge is 0.507 e. The highest BCUT2D eigenvalue weighted by molar-refractivity contribution is 7.85. The van der Waals surface area contributed by atoms with Crippen LogP contribution in [0.1, 0.15) is 35.7 Å². The smallest absolute Gasteiger partial charge is 0.339 e. The van der Waals surface area contributed by atoms with Crippen molar-refractivity contribution in [1.82, 2.24) is 0 Å². The van der Waals surface area contributed by atoms with Gasteiger partial charge in [-0.05, 0) is 31.2 Å². The van der Waals surface area contributed by atoms with Gasteiger partial charge in [0.1, 0.15) is 11.3 Å². The van der Waals surface area contributed by atoms with Gasteiger partial charge in [0.15, 0.2) is 0 Å². The fourth-order valence-electron chi connectivity index (χ4n) is 1.72. The van der Waals surface area contributed by atoms with Crippen molar-refractivity contribution >= 4 is 58.3 Å². The van der Waals surface area contributed by atoms with E-state index >= 15 is 0 Å². The molecule has 0 unspecified atom stereocenters. The molecule has 0 saturated heterocycles. The Hall–Kier alpha value is -5.00. The molecule has 234 valence electrons.